The van der Waals surface area contributed by atoms with Crippen LogP contribution in [0.2, 0.25) is 0 Å². The number of esters is 2. The predicted octanol–water partition coefficient (Wildman–Crippen LogP) is 4.93. The van der Waals surface area contributed by atoms with Crippen LogP contribution in [0.4, 0.5) is 0 Å². The van der Waals surface area contributed by atoms with Crippen LogP contribution in [0.3, 0.4) is 0 Å². The molecule has 0 N–H and O–H groups in total. The van der Waals surface area contributed by atoms with Crippen LogP contribution in [0.5, 0.6) is 5.75 Å². The van der Waals surface area contributed by atoms with Gasteiger partial charge >= 0.3 is 11.9 Å². The van der Waals surface area contributed by atoms with E-state index in [1.54, 1.807) is 17.4 Å². The first-order valence-corrected chi connectivity index (χ1v) is 13.2. The van der Waals surface area contributed by atoms with Crippen molar-refractivity contribution in [3.63, 3.8) is 0 Å². The van der Waals surface area contributed by atoms with Crippen LogP contribution in [0, 0.1) is 20.8 Å². The normalized spacial score (nSPS) is 14.1. The molecule has 0 saturated carbocycles. The second-order valence-electron chi connectivity index (χ2n) is 9.15. The SMILES string of the molecule is COC(=O)COc1cccc(-c2ccc(C3=N[C@@H](CC(=O)OC)c4nnc(C)n4-c4sc(C)c(C)c43)cc2)c1. The van der Waals surface area contributed by atoms with Gasteiger partial charge in [0.25, 0.3) is 0 Å². The Balaban J connectivity index is 1.55. The van der Waals surface area contributed by atoms with Crippen molar-refractivity contribution in [2.75, 3.05) is 20.8 Å². The van der Waals surface area contributed by atoms with Crippen molar-refractivity contribution in [1.82, 2.24) is 14.8 Å². The van der Waals surface area contributed by atoms with Crippen molar-refractivity contribution in [2.45, 2.75) is 33.2 Å². The van der Waals surface area contributed by atoms with E-state index < -0.39 is 12.0 Å². The molecule has 0 unspecified atom stereocenters. The third-order valence-electron chi connectivity index (χ3n) is 6.74. The van der Waals surface area contributed by atoms with E-state index in [1.165, 1.54) is 19.1 Å². The fourth-order valence-corrected chi connectivity index (χ4v) is 5.77. The van der Waals surface area contributed by atoms with Gasteiger partial charge in [0.2, 0.25) is 0 Å². The minimum Gasteiger partial charge on any atom is -0.482 e. The minimum absolute atomic E-state index is 0.0571. The van der Waals surface area contributed by atoms with E-state index in [-0.39, 0.29) is 19.0 Å². The number of benzene rings is 2. The van der Waals surface area contributed by atoms with E-state index in [2.05, 4.69) is 28.8 Å². The van der Waals surface area contributed by atoms with Crippen LogP contribution in [0.25, 0.3) is 16.1 Å². The van der Waals surface area contributed by atoms with Crippen LogP contribution in [-0.2, 0) is 19.1 Å². The molecule has 0 radical (unpaired) electrons. The molecule has 0 saturated heterocycles. The number of carbonyl (C=O) groups excluding carboxylic acids is 2. The van der Waals surface area contributed by atoms with Crippen LogP contribution >= 0.6 is 11.3 Å². The van der Waals surface area contributed by atoms with Gasteiger partial charge in [-0.25, -0.2) is 4.79 Å². The lowest BCUT2D eigenvalue weighted by Crippen LogP contribution is -2.12. The summed E-state index contributed by atoms with van der Waals surface area (Å²) in [6, 6.07) is 15.1. The number of aryl methyl sites for hydroxylation is 2. The fourth-order valence-electron chi connectivity index (χ4n) is 4.55. The van der Waals surface area contributed by atoms with Gasteiger partial charge in [-0.15, -0.1) is 21.5 Å². The first-order chi connectivity index (χ1) is 18.8. The topological polar surface area (TPSA) is 105 Å². The fraction of sp³-hybridized carbons (Fsp3) is 0.276. The lowest BCUT2D eigenvalue weighted by molar-refractivity contribution is -0.143. The van der Waals surface area contributed by atoms with Gasteiger partial charge in [0, 0.05) is 16.0 Å². The van der Waals surface area contributed by atoms with Gasteiger partial charge in [-0.1, -0.05) is 36.4 Å². The number of rotatable bonds is 7. The molecule has 0 bridgehead atoms. The molecule has 5 rings (SSSR count). The maximum Gasteiger partial charge on any atom is 0.343 e. The van der Waals surface area contributed by atoms with E-state index in [1.807, 2.05) is 54.0 Å². The van der Waals surface area contributed by atoms with Crippen LogP contribution in [-0.4, -0.2) is 53.2 Å². The Hall–Kier alpha value is -4.31. The number of methoxy groups -OCH3 is 2. The summed E-state index contributed by atoms with van der Waals surface area (Å²) >= 11 is 1.67. The molecule has 0 spiro atoms. The average molecular weight is 545 g/mol. The minimum atomic E-state index is -0.545. The molecule has 0 fully saturated rings. The van der Waals surface area contributed by atoms with Crippen molar-refractivity contribution in [1.29, 1.82) is 0 Å². The van der Waals surface area contributed by atoms with Gasteiger partial charge in [-0.2, -0.15) is 0 Å². The molecule has 200 valence electrons. The predicted molar refractivity (Wildman–Crippen MR) is 148 cm³/mol. The van der Waals surface area contributed by atoms with Gasteiger partial charge in [0.15, 0.2) is 12.4 Å². The van der Waals surface area contributed by atoms with E-state index in [9.17, 15) is 9.59 Å². The number of carbonyl (C=O) groups is 2. The van der Waals surface area contributed by atoms with E-state index >= 15 is 0 Å². The molecular weight excluding hydrogens is 516 g/mol. The average Bonchev–Trinajstić information content (AvgIpc) is 3.43. The molecule has 2 aromatic carbocycles. The van der Waals surface area contributed by atoms with Crippen molar-refractivity contribution in [3.8, 4) is 21.9 Å². The molecule has 10 heteroatoms. The summed E-state index contributed by atoms with van der Waals surface area (Å²) in [5.41, 5.74) is 5.79. The molecule has 1 aliphatic rings. The van der Waals surface area contributed by atoms with Gasteiger partial charge in [-0.05, 0) is 49.6 Å². The van der Waals surface area contributed by atoms with Crippen molar-refractivity contribution >= 4 is 29.0 Å². The second-order valence-corrected chi connectivity index (χ2v) is 10.4. The second kappa shape index (κ2) is 10.8. The Morgan fingerprint density at radius 2 is 1.64 bits per heavy atom. The summed E-state index contributed by atoms with van der Waals surface area (Å²) in [6.07, 6.45) is 0.0571. The highest BCUT2D eigenvalue weighted by Crippen LogP contribution is 2.39. The number of fused-ring (bicyclic) bond motifs is 3. The molecule has 39 heavy (non-hydrogen) atoms. The Kier molecular flexibility index (Phi) is 7.30. The number of aliphatic imine (C=N–C) groups is 1. The highest BCUT2D eigenvalue weighted by molar-refractivity contribution is 7.15. The number of aromatic nitrogens is 3. The standard InChI is InChI=1S/C29H28N4O5S/c1-16-17(2)39-29-26(16)27(30-23(14-24(34)36-4)28-32-31-18(3)33(28)29)20-11-9-19(10-12-20)21-7-6-8-22(13-21)38-15-25(35)37-5/h6-13,23H,14-15H2,1-5H3/t23-/m0/s1. The smallest absolute Gasteiger partial charge is 0.343 e. The van der Waals surface area contributed by atoms with Gasteiger partial charge in [0.05, 0.1) is 26.4 Å². The highest BCUT2D eigenvalue weighted by Gasteiger charge is 2.32. The Morgan fingerprint density at radius 1 is 0.923 bits per heavy atom. The zero-order chi connectivity index (χ0) is 27.7. The largest absolute Gasteiger partial charge is 0.482 e. The summed E-state index contributed by atoms with van der Waals surface area (Å²) in [5.74, 6) is 1.14. The lowest BCUT2D eigenvalue weighted by Gasteiger charge is -2.12. The van der Waals surface area contributed by atoms with Gasteiger partial charge < -0.3 is 14.2 Å². The van der Waals surface area contributed by atoms with Crippen LogP contribution in [0.15, 0.2) is 53.5 Å². The van der Waals surface area contributed by atoms with Crippen molar-refractivity contribution in [3.05, 3.63) is 81.7 Å². The summed E-state index contributed by atoms with van der Waals surface area (Å²) in [5, 5.41) is 9.70. The number of hydrogen-bond acceptors (Lipinski definition) is 9. The number of thiophene rings is 1. The molecule has 1 aliphatic heterocycles. The molecule has 0 aliphatic carbocycles. The summed E-state index contributed by atoms with van der Waals surface area (Å²) in [4.78, 5) is 30.1. The molecule has 0 amide bonds. The molecule has 4 aromatic rings. The summed E-state index contributed by atoms with van der Waals surface area (Å²) in [6.45, 7) is 5.94. The lowest BCUT2D eigenvalue weighted by atomic mass is 9.97. The Bertz CT molecular complexity index is 1590. The zero-order valence-electron chi connectivity index (χ0n) is 22.3. The molecular formula is C29H28N4O5S. The Morgan fingerprint density at radius 3 is 2.36 bits per heavy atom. The number of ether oxygens (including phenoxy) is 3. The number of nitrogens with zero attached hydrogens (tertiary/aromatic N) is 4. The first-order valence-electron chi connectivity index (χ1n) is 12.4. The van der Waals surface area contributed by atoms with E-state index in [0.717, 1.165) is 44.4 Å². The summed E-state index contributed by atoms with van der Waals surface area (Å²) < 4.78 is 17.2. The molecule has 2 aromatic heterocycles. The maximum absolute atomic E-state index is 12.3. The first kappa shape index (κ1) is 26.3. The van der Waals surface area contributed by atoms with E-state index in [0.29, 0.717) is 11.6 Å². The molecule has 3 heterocycles. The summed E-state index contributed by atoms with van der Waals surface area (Å²) in [7, 11) is 2.70. The van der Waals surface area contributed by atoms with Gasteiger partial charge in [-0.3, -0.25) is 14.4 Å². The maximum atomic E-state index is 12.3. The van der Waals surface area contributed by atoms with E-state index in [4.69, 9.17) is 14.5 Å². The number of hydrogen-bond donors (Lipinski definition) is 0. The zero-order valence-corrected chi connectivity index (χ0v) is 23.2. The molecule has 1 atom stereocenters. The van der Waals surface area contributed by atoms with Gasteiger partial charge in [0.1, 0.15) is 22.6 Å². The molecule has 9 nitrogen and oxygen atoms in total. The third kappa shape index (κ3) is 5.07. The van der Waals surface area contributed by atoms with Crippen molar-refractivity contribution in [2.24, 2.45) is 4.99 Å². The van der Waals surface area contributed by atoms with Crippen LogP contribution in [0.1, 0.15) is 45.7 Å². The quantitative estimate of drug-likeness (QED) is 0.304. The third-order valence-corrected chi connectivity index (χ3v) is 7.93. The Labute approximate surface area is 230 Å². The highest BCUT2D eigenvalue weighted by atomic mass is 32.1. The van der Waals surface area contributed by atoms with Crippen molar-refractivity contribution < 1.29 is 23.8 Å². The van der Waals surface area contributed by atoms with Crippen LogP contribution < -0.4 is 4.74 Å². The monoisotopic (exact) mass is 544 g/mol.